The van der Waals surface area contributed by atoms with Gasteiger partial charge in [0.2, 0.25) is 11.8 Å². The molecule has 0 radical (unpaired) electrons. The highest BCUT2D eigenvalue weighted by atomic mass is 16.5. The maximum absolute atomic E-state index is 13.5. The number of carbonyl (C=O) groups is 4. The van der Waals surface area contributed by atoms with Gasteiger partial charge in [-0.25, -0.2) is 4.79 Å². The first kappa shape index (κ1) is 34.2. The summed E-state index contributed by atoms with van der Waals surface area (Å²) in [4.78, 5) is 51.1. The summed E-state index contributed by atoms with van der Waals surface area (Å²) >= 11 is 0. The van der Waals surface area contributed by atoms with Gasteiger partial charge in [0, 0.05) is 30.7 Å². The number of methoxy groups -OCH3 is 1. The van der Waals surface area contributed by atoms with E-state index in [1.807, 2.05) is 6.92 Å². The highest BCUT2D eigenvalue weighted by Crippen LogP contribution is 2.44. The summed E-state index contributed by atoms with van der Waals surface area (Å²) in [6, 6.07) is 7.22. The van der Waals surface area contributed by atoms with Gasteiger partial charge in [-0.2, -0.15) is 0 Å². The number of cyclic esters (lactones) is 1. The van der Waals surface area contributed by atoms with Crippen molar-refractivity contribution in [1.29, 1.82) is 0 Å². The number of benzene rings is 2. The zero-order valence-corrected chi connectivity index (χ0v) is 25.9. The summed E-state index contributed by atoms with van der Waals surface area (Å²) in [5.41, 5.74) is 6.20. The molecule has 0 aromatic heterocycles. The van der Waals surface area contributed by atoms with Crippen molar-refractivity contribution in [3.63, 3.8) is 0 Å². The number of esters is 1. The van der Waals surface area contributed by atoms with Crippen LogP contribution in [0.15, 0.2) is 36.4 Å². The molecule has 0 saturated heterocycles. The molecule has 0 saturated carbocycles. The third-order valence-corrected chi connectivity index (χ3v) is 8.14. The van der Waals surface area contributed by atoms with Crippen LogP contribution in [0.5, 0.6) is 17.2 Å². The van der Waals surface area contributed by atoms with Crippen molar-refractivity contribution in [2.24, 2.45) is 11.7 Å². The molecule has 10 nitrogen and oxygen atoms in total. The summed E-state index contributed by atoms with van der Waals surface area (Å²) in [6.45, 7) is 5.41. The Morgan fingerprint density at radius 1 is 1.14 bits per heavy atom. The molecule has 1 aliphatic heterocycles. The molecule has 0 bridgehead atoms. The molecule has 0 fully saturated rings. The van der Waals surface area contributed by atoms with Gasteiger partial charge in [0.25, 0.3) is 0 Å². The molecule has 2 aromatic rings. The van der Waals surface area contributed by atoms with E-state index in [4.69, 9.17) is 15.2 Å². The predicted octanol–water partition coefficient (Wildman–Crippen LogP) is 5.13. The van der Waals surface area contributed by atoms with E-state index >= 15 is 0 Å². The molecule has 3 rings (SSSR count). The van der Waals surface area contributed by atoms with Crippen LogP contribution in [-0.2, 0) is 19.1 Å². The largest absolute Gasteiger partial charge is 0.507 e. The van der Waals surface area contributed by atoms with E-state index < -0.39 is 41.6 Å². The van der Waals surface area contributed by atoms with E-state index in [0.717, 1.165) is 0 Å². The third-order valence-electron chi connectivity index (χ3n) is 8.14. The number of aromatic hydroxyl groups is 2. The van der Waals surface area contributed by atoms with Gasteiger partial charge in [0.15, 0.2) is 0 Å². The van der Waals surface area contributed by atoms with Crippen LogP contribution in [0.1, 0.15) is 105 Å². The molecule has 2 amide bonds. The Morgan fingerprint density at radius 2 is 1.82 bits per heavy atom. The van der Waals surface area contributed by atoms with Gasteiger partial charge in [0.05, 0.1) is 13.2 Å². The smallest absolute Gasteiger partial charge is 0.342 e. The number of carbonyl (C=O) groups excluding carboxylic acids is 4. The second-order valence-corrected chi connectivity index (χ2v) is 11.4. The van der Waals surface area contributed by atoms with Gasteiger partial charge < -0.3 is 30.7 Å². The average Bonchev–Trinajstić information content (AvgIpc) is 2.98. The quantitative estimate of drug-likeness (QED) is 0.285. The molecule has 5 N–H and O–H groups in total. The first-order chi connectivity index (χ1) is 21.0. The second-order valence-electron chi connectivity index (χ2n) is 11.4. The molecule has 1 aliphatic rings. The van der Waals surface area contributed by atoms with Crippen molar-refractivity contribution in [3.05, 3.63) is 58.7 Å². The van der Waals surface area contributed by atoms with E-state index in [1.165, 1.54) is 13.2 Å². The highest BCUT2D eigenvalue weighted by Gasteiger charge is 2.32. The molecule has 44 heavy (non-hydrogen) atoms. The first-order valence-corrected chi connectivity index (χ1v) is 15.2. The van der Waals surface area contributed by atoms with Gasteiger partial charge in [-0.3, -0.25) is 14.4 Å². The van der Waals surface area contributed by atoms with Crippen LogP contribution in [0.2, 0.25) is 0 Å². The van der Waals surface area contributed by atoms with Crippen LogP contribution in [0.25, 0.3) is 6.08 Å². The number of rotatable bonds is 9. The number of ketones is 1. The van der Waals surface area contributed by atoms with Crippen LogP contribution >= 0.6 is 0 Å². The van der Waals surface area contributed by atoms with Crippen LogP contribution in [-0.4, -0.2) is 53.0 Å². The number of hydrogen-bond donors (Lipinski definition) is 4. The van der Waals surface area contributed by atoms with Crippen molar-refractivity contribution >= 4 is 29.6 Å². The number of Topliss-reactive ketones (excluding diaryl/α,β-unsaturated/α-hetero) is 1. The number of phenolic OH excluding ortho intramolecular Hbond substituents is 2. The van der Waals surface area contributed by atoms with Crippen LogP contribution in [0.4, 0.5) is 0 Å². The van der Waals surface area contributed by atoms with Gasteiger partial charge in [-0.1, -0.05) is 44.6 Å². The van der Waals surface area contributed by atoms with Crippen molar-refractivity contribution < 1.29 is 38.9 Å². The van der Waals surface area contributed by atoms with Crippen molar-refractivity contribution in [3.8, 4) is 17.2 Å². The fourth-order valence-electron chi connectivity index (χ4n) is 5.39. The average molecular weight is 609 g/mol. The van der Waals surface area contributed by atoms with E-state index in [1.54, 1.807) is 50.3 Å². The summed E-state index contributed by atoms with van der Waals surface area (Å²) < 4.78 is 10.9. The summed E-state index contributed by atoms with van der Waals surface area (Å²) in [5.74, 6) is -3.24. The minimum absolute atomic E-state index is 0.0343. The zero-order valence-electron chi connectivity index (χ0n) is 25.9. The fraction of sp³-hybridized carbons (Fsp3) is 0.471. The Morgan fingerprint density at radius 3 is 2.45 bits per heavy atom. The Kier molecular flexibility index (Phi) is 12.4. The number of amides is 2. The molecular formula is C34H44N2O8. The van der Waals surface area contributed by atoms with Crippen molar-refractivity contribution in [2.75, 3.05) is 7.11 Å². The number of nitrogens with two attached hydrogens (primary N) is 1. The fourth-order valence-corrected chi connectivity index (χ4v) is 5.39. The van der Waals surface area contributed by atoms with Gasteiger partial charge in [0.1, 0.15) is 34.6 Å². The summed E-state index contributed by atoms with van der Waals surface area (Å²) in [6.07, 6.45) is 6.28. The van der Waals surface area contributed by atoms with E-state index in [-0.39, 0.29) is 40.6 Å². The van der Waals surface area contributed by atoms with Crippen LogP contribution in [0.3, 0.4) is 0 Å². The lowest BCUT2D eigenvalue weighted by atomic mass is 9.84. The van der Waals surface area contributed by atoms with Crippen LogP contribution in [0, 0.1) is 5.92 Å². The highest BCUT2D eigenvalue weighted by molar-refractivity contribution is 5.98. The number of ether oxygens (including phenoxy) is 2. The molecule has 4 atom stereocenters. The lowest BCUT2D eigenvalue weighted by molar-refractivity contribution is -0.128. The minimum Gasteiger partial charge on any atom is -0.507 e. The molecule has 1 heterocycles. The monoisotopic (exact) mass is 608 g/mol. The third kappa shape index (κ3) is 8.84. The normalized spacial score (nSPS) is 19.0. The molecule has 2 aromatic carbocycles. The number of allylic oxidation sites excluding steroid dienone is 1. The SMILES string of the molecule is CC[C@H](C)[C@H](NC(=O)CC(c1ccc(OC)cc1)c1c(O)cc2c(c1O)C(=O)O[C@@H](C)CCCC(=O)CCC/C=C/2)C(N)=O. The Bertz CT molecular complexity index is 1370. The van der Waals surface area contributed by atoms with Gasteiger partial charge >= 0.3 is 5.97 Å². The number of primary amides is 1. The van der Waals surface area contributed by atoms with E-state index in [0.29, 0.717) is 56.3 Å². The topological polar surface area (TPSA) is 165 Å². The molecule has 0 spiro atoms. The number of nitrogens with one attached hydrogen (secondary N) is 1. The maximum atomic E-state index is 13.5. The second kappa shape index (κ2) is 15.9. The van der Waals surface area contributed by atoms with E-state index in [2.05, 4.69) is 5.32 Å². The standard InChI is InChI=1S/C34H44N2O8/c1-5-20(2)31(33(35)41)36-28(39)19-26(22-14-16-25(43-4)17-15-22)30-27(38)18-23-11-7-6-8-12-24(37)13-9-10-21(3)44-34(42)29(23)32(30)40/h7,11,14-18,20-21,26,31,38,40H,5-6,8-10,12-13,19H2,1-4H3,(H2,35,41)(H,36,39)/b11-7+/t20-,21-,26?,31-/m0/s1. The maximum Gasteiger partial charge on any atom is 0.342 e. The lowest BCUT2D eigenvalue weighted by Crippen LogP contribution is -2.48. The van der Waals surface area contributed by atoms with Gasteiger partial charge in [-0.15, -0.1) is 0 Å². The number of phenols is 2. The Balaban J connectivity index is 2.13. The minimum atomic E-state index is -0.926. The zero-order chi connectivity index (χ0) is 32.4. The molecule has 0 aliphatic carbocycles. The molecule has 10 heteroatoms. The molecule has 1 unspecified atom stereocenters. The molecule has 238 valence electrons. The van der Waals surface area contributed by atoms with Crippen LogP contribution < -0.4 is 15.8 Å². The van der Waals surface area contributed by atoms with Crippen molar-refractivity contribution in [1.82, 2.24) is 5.32 Å². The summed E-state index contributed by atoms with van der Waals surface area (Å²) in [7, 11) is 1.52. The Hall–Kier alpha value is -4.34. The Labute approximate surface area is 258 Å². The lowest BCUT2D eigenvalue weighted by Gasteiger charge is -2.25. The number of hydrogen-bond acceptors (Lipinski definition) is 8. The molecular weight excluding hydrogens is 564 g/mol. The van der Waals surface area contributed by atoms with Crippen molar-refractivity contribution in [2.45, 2.75) is 90.2 Å². The summed E-state index contributed by atoms with van der Waals surface area (Å²) in [5, 5.41) is 25.7. The first-order valence-electron chi connectivity index (χ1n) is 15.2. The van der Waals surface area contributed by atoms with Gasteiger partial charge in [-0.05, 0) is 67.9 Å². The van der Waals surface area contributed by atoms with E-state index in [9.17, 15) is 29.4 Å². The number of fused-ring (bicyclic) bond motifs is 1. The predicted molar refractivity (Wildman–Crippen MR) is 166 cm³/mol.